The summed E-state index contributed by atoms with van der Waals surface area (Å²) in [5, 5.41) is 0.325. The molecule has 0 saturated heterocycles. The number of nitrogens with two attached hydrogens (primary N) is 1. The van der Waals surface area contributed by atoms with Crippen LogP contribution in [0.2, 0.25) is 0 Å². The van der Waals surface area contributed by atoms with Crippen molar-refractivity contribution in [2.24, 2.45) is 5.73 Å². The number of pyridine rings is 1. The fourth-order valence-electron chi connectivity index (χ4n) is 1.51. The molecule has 2 unspecified atom stereocenters. The summed E-state index contributed by atoms with van der Waals surface area (Å²) in [7, 11) is 1.73. The minimum absolute atomic E-state index is 0.136. The van der Waals surface area contributed by atoms with Gasteiger partial charge in [0.1, 0.15) is 0 Å². The zero-order valence-corrected chi connectivity index (χ0v) is 10.7. The molecule has 1 aromatic rings. The molecule has 0 fully saturated rings. The summed E-state index contributed by atoms with van der Waals surface area (Å²) in [4.78, 5) is 4.14. The first-order chi connectivity index (χ1) is 7.75. The summed E-state index contributed by atoms with van der Waals surface area (Å²) in [6.45, 7) is 2.85. The molecule has 0 aliphatic carbocycles. The predicted molar refractivity (Wildman–Crippen MR) is 69.6 cm³/mol. The molecule has 16 heavy (non-hydrogen) atoms. The number of hydrogen-bond acceptors (Lipinski definition) is 4. The lowest BCUT2D eigenvalue weighted by Gasteiger charge is -2.20. The third kappa shape index (κ3) is 4.51. The fourth-order valence-corrected chi connectivity index (χ4v) is 2.68. The van der Waals surface area contributed by atoms with Crippen molar-refractivity contribution < 1.29 is 4.74 Å². The molecule has 0 amide bonds. The Balaban J connectivity index is 2.49. The van der Waals surface area contributed by atoms with Crippen LogP contribution in [0.1, 0.15) is 24.2 Å². The van der Waals surface area contributed by atoms with Crippen molar-refractivity contribution in [1.82, 2.24) is 4.98 Å². The molecule has 1 aromatic heterocycles. The zero-order chi connectivity index (χ0) is 11.8. The molecule has 2 N–H and O–H groups in total. The standard InChI is InChI=1S/C12H20N2OS/c1-10(13)12(16-8-4-7-15-2)11-5-3-6-14-9-11/h3,5-6,9-10,12H,4,7-8,13H2,1-2H3. The van der Waals surface area contributed by atoms with Crippen LogP contribution in [0, 0.1) is 0 Å². The molecule has 0 spiro atoms. The highest BCUT2D eigenvalue weighted by Crippen LogP contribution is 2.30. The van der Waals surface area contributed by atoms with Crippen LogP contribution in [-0.2, 0) is 4.74 Å². The van der Waals surface area contributed by atoms with Gasteiger partial charge in [-0.25, -0.2) is 0 Å². The van der Waals surface area contributed by atoms with Gasteiger partial charge in [-0.05, 0) is 30.7 Å². The molecule has 0 radical (unpaired) electrons. The van der Waals surface area contributed by atoms with Gasteiger partial charge in [-0.3, -0.25) is 4.98 Å². The fraction of sp³-hybridized carbons (Fsp3) is 0.583. The summed E-state index contributed by atoms with van der Waals surface area (Å²) in [5.41, 5.74) is 7.21. The number of methoxy groups -OCH3 is 1. The van der Waals surface area contributed by atoms with Crippen molar-refractivity contribution in [2.45, 2.75) is 24.6 Å². The van der Waals surface area contributed by atoms with E-state index in [9.17, 15) is 0 Å². The van der Waals surface area contributed by atoms with Gasteiger partial charge in [-0.2, -0.15) is 11.8 Å². The van der Waals surface area contributed by atoms with Gasteiger partial charge in [0.2, 0.25) is 0 Å². The Morgan fingerprint density at radius 2 is 2.38 bits per heavy atom. The van der Waals surface area contributed by atoms with E-state index in [0.29, 0.717) is 5.25 Å². The Hall–Kier alpha value is -0.580. The topological polar surface area (TPSA) is 48.1 Å². The molecule has 4 heteroatoms. The molecule has 0 bridgehead atoms. The van der Waals surface area contributed by atoms with Crippen molar-refractivity contribution >= 4 is 11.8 Å². The predicted octanol–water partition coefficient (Wildman–Crippen LogP) is 2.24. The van der Waals surface area contributed by atoms with Crippen LogP contribution in [0.3, 0.4) is 0 Å². The maximum atomic E-state index is 6.00. The van der Waals surface area contributed by atoms with Gasteiger partial charge in [-0.15, -0.1) is 0 Å². The van der Waals surface area contributed by atoms with Crippen LogP contribution >= 0.6 is 11.8 Å². The Morgan fingerprint density at radius 3 is 2.94 bits per heavy atom. The first kappa shape index (κ1) is 13.5. The van der Waals surface area contributed by atoms with E-state index in [1.54, 1.807) is 13.3 Å². The van der Waals surface area contributed by atoms with E-state index < -0.39 is 0 Å². The van der Waals surface area contributed by atoms with E-state index in [-0.39, 0.29) is 6.04 Å². The maximum absolute atomic E-state index is 6.00. The average Bonchev–Trinajstić information content (AvgIpc) is 2.30. The molecule has 3 nitrogen and oxygen atoms in total. The van der Waals surface area contributed by atoms with Gasteiger partial charge in [-0.1, -0.05) is 6.07 Å². The highest BCUT2D eigenvalue weighted by atomic mass is 32.2. The van der Waals surface area contributed by atoms with Crippen molar-refractivity contribution in [1.29, 1.82) is 0 Å². The second-order valence-corrected chi connectivity index (χ2v) is 5.03. The SMILES string of the molecule is COCCCSC(c1cccnc1)C(C)N. The van der Waals surface area contributed by atoms with E-state index in [1.165, 1.54) is 5.56 Å². The smallest absolute Gasteiger partial charge is 0.0470 e. The van der Waals surface area contributed by atoms with E-state index >= 15 is 0 Å². The van der Waals surface area contributed by atoms with Gasteiger partial charge in [0.15, 0.2) is 0 Å². The molecule has 0 saturated carbocycles. The summed E-state index contributed by atoms with van der Waals surface area (Å²) in [6, 6.07) is 4.18. The third-order valence-electron chi connectivity index (χ3n) is 2.28. The van der Waals surface area contributed by atoms with Crippen LogP contribution in [-0.4, -0.2) is 30.5 Å². The number of nitrogens with zero attached hydrogens (tertiary/aromatic N) is 1. The van der Waals surface area contributed by atoms with Crippen LogP contribution in [0.15, 0.2) is 24.5 Å². The monoisotopic (exact) mass is 240 g/mol. The number of aromatic nitrogens is 1. The van der Waals surface area contributed by atoms with E-state index in [4.69, 9.17) is 10.5 Å². The highest BCUT2D eigenvalue weighted by Gasteiger charge is 2.16. The van der Waals surface area contributed by atoms with Crippen molar-refractivity contribution in [2.75, 3.05) is 19.5 Å². The second kappa shape index (κ2) is 7.65. The highest BCUT2D eigenvalue weighted by molar-refractivity contribution is 7.99. The lowest BCUT2D eigenvalue weighted by molar-refractivity contribution is 0.200. The quantitative estimate of drug-likeness (QED) is 0.743. The molecular formula is C12H20N2OS. The zero-order valence-electron chi connectivity index (χ0n) is 9.93. The molecular weight excluding hydrogens is 220 g/mol. The number of thioether (sulfide) groups is 1. The Kier molecular flexibility index (Phi) is 6.45. The molecule has 0 aliphatic rings. The molecule has 2 atom stereocenters. The van der Waals surface area contributed by atoms with Gasteiger partial charge in [0.05, 0.1) is 0 Å². The van der Waals surface area contributed by atoms with Crippen molar-refractivity contribution in [3.63, 3.8) is 0 Å². The summed E-state index contributed by atoms with van der Waals surface area (Å²) in [6.07, 6.45) is 4.75. The first-order valence-electron chi connectivity index (χ1n) is 5.51. The molecule has 1 rings (SSSR count). The van der Waals surface area contributed by atoms with E-state index in [1.807, 2.05) is 30.9 Å². The van der Waals surface area contributed by atoms with Gasteiger partial charge in [0, 0.05) is 37.4 Å². The van der Waals surface area contributed by atoms with E-state index in [0.717, 1.165) is 18.8 Å². The average molecular weight is 240 g/mol. The lowest BCUT2D eigenvalue weighted by Crippen LogP contribution is -2.23. The van der Waals surface area contributed by atoms with Gasteiger partial charge >= 0.3 is 0 Å². The third-order valence-corrected chi connectivity index (χ3v) is 3.87. The normalized spacial score (nSPS) is 14.7. The minimum Gasteiger partial charge on any atom is -0.385 e. The largest absolute Gasteiger partial charge is 0.385 e. The molecule has 1 heterocycles. The van der Waals surface area contributed by atoms with Crippen LogP contribution < -0.4 is 5.73 Å². The van der Waals surface area contributed by atoms with Crippen LogP contribution in [0.5, 0.6) is 0 Å². The lowest BCUT2D eigenvalue weighted by atomic mass is 10.1. The molecule has 0 aliphatic heterocycles. The summed E-state index contributed by atoms with van der Waals surface area (Å²) < 4.78 is 5.03. The van der Waals surface area contributed by atoms with E-state index in [2.05, 4.69) is 11.1 Å². The number of hydrogen-bond donors (Lipinski definition) is 1. The minimum atomic E-state index is 0.136. The molecule has 90 valence electrons. The Bertz CT molecular complexity index is 280. The Labute approximate surface area is 102 Å². The van der Waals surface area contributed by atoms with Crippen molar-refractivity contribution in [3.05, 3.63) is 30.1 Å². The van der Waals surface area contributed by atoms with Gasteiger partial charge in [0.25, 0.3) is 0 Å². The second-order valence-electron chi connectivity index (χ2n) is 3.78. The first-order valence-corrected chi connectivity index (χ1v) is 6.56. The number of ether oxygens (including phenoxy) is 1. The number of rotatable bonds is 7. The summed E-state index contributed by atoms with van der Waals surface area (Å²) >= 11 is 1.88. The summed E-state index contributed by atoms with van der Waals surface area (Å²) in [5.74, 6) is 1.06. The van der Waals surface area contributed by atoms with Gasteiger partial charge < -0.3 is 10.5 Å². The Morgan fingerprint density at radius 1 is 1.56 bits per heavy atom. The van der Waals surface area contributed by atoms with Crippen molar-refractivity contribution in [3.8, 4) is 0 Å². The maximum Gasteiger partial charge on any atom is 0.0470 e. The molecule has 0 aromatic carbocycles. The van der Waals surface area contributed by atoms with Crippen LogP contribution in [0.4, 0.5) is 0 Å². The van der Waals surface area contributed by atoms with Crippen LogP contribution in [0.25, 0.3) is 0 Å².